The van der Waals surface area contributed by atoms with Gasteiger partial charge in [0.2, 0.25) is 0 Å². The van der Waals surface area contributed by atoms with Gasteiger partial charge in [-0.2, -0.15) is 0 Å². The summed E-state index contributed by atoms with van der Waals surface area (Å²) in [6, 6.07) is 20.9. The van der Waals surface area contributed by atoms with Crippen LogP contribution < -0.4 is 10.4 Å². The molecule has 1 heterocycles. The first-order chi connectivity index (χ1) is 12.7. The zero-order chi connectivity index (χ0) is 17.9. The van der Waals surface area contributed by atoms with Crippen molar-refractivity contribution in [3.05, 3.63) is 88.4 Å². The van der Waals surface area contributed by atoms with Gasteiger partial charge in [-0.05, 0) is 58.7 Å². The zero-order valence-electron chi connectivity index (χ0n) is 15.0. The molecule has 1 nitrogen and oxygen atoms in total. The first-order valence-electron chi connectivity index (χ1n) is 9.24. The standard InChI is InChI=1S/C25H23N/c1-18-8-3-4-9-19(2)16-21(15-14-18)25-23-13-7-12-20-10-5-6-11-22(17-26-25)24(20)23/h3-4,7-9,12-17H,1-2,5-6,10-11H2. The molecule has 26 heavy (non-hydrogen) atoms. The Morgan fingerprint density at radius 1 is 0.731 bits per heavy atom. The van der Waals surface area contributed by atoms with E-state index in [4.69, 9.17) is 4.98 Å². The van der Waals surface area contributed by atoms with Gasteiger partial charge in [-0.25, -0.2) is 0 Å². The molecule has 0 fully saturated rings. The Balaban J connectivity index is 2.06. The van der Waals surface area contributed by atoms with E-state index in [1.165, 1.54) is 34.7 Å². The molecule has 128 valence electrons. The van der Waals surface area contributed by atoms with Crippen molar-refractivity contribution in [2.24, 2.45) is 0 Å². The lowest BCUT2D eigenvalue weighted by molar-refractivity contribution is 0.752. The summed E-state index contributed by atoms with van der Waals surface area (Å²) >= 11 is 0. The molecule has 1 aromatic heterocycles. The second kappa shape index (κ2) is 7.13. The zero-order valence-corrected chi connectivity index (χ0v) is 15.0. The normalized spacial score (nSPS) is 13.1. The van der Waals surface area contributed by atoms with Crippen molar-refractivity contribution < 1.29 is 0 Å². The maximum Gasteiger partial charge on any atom is 0.0780 e. The van der Waals surface area contributed by atoms with Crippen LogP contribution in [0, 0.1) is 0 Å². The topological polar surface area (TPSA) is 12.9 Å². The molecular weight excluding hydrogens is 314 g/mol. The highest BCUT2D eigenvalue weighted by molar-refractivity contribution is 5.98. The van der Waals surface area contributed by atoms with Crippen LogP contribution in [-0.2, 0) is 12.8 Å². The second-order valence-electron chi connectivity index (χ2n) is 6.98. The van der Waals surface area contributed by atoms with E-state index in [1.807, 2.05) is 30.3 Å². The van der Waals surface area contributed by atoms with Crippen molar-refractivity contribution in [1.29, 1.82) is 0 Å². The third-order valence-electron chi connectivity index (χ3n) is 5.04. The summed E-state index contributed by atoms with van der Waals surface area (Å²) in [6.07, 6.45) is 6.83. The molecule has 0 N–H and O–H groups in total. The number of rotatable bonds is 1. The Kier molecular flexibility index (Phi) is 4.53. The Morgan fingerprint density at radius 2 is 1.50 bits per heavy atom. The molecule has 1 heteroatoms. The van der Waals surface area contributed by atoms with E-state index in [0.29, 0.717) is 0 Å². The summed E-state index contributed by atoms with van der Waals surface area (Å²) in [5.41, 5.74) is 4.93. The van der Waals surface area contributed by atoms with E-state index in [1.54, 1.807) is 0 Å². The van der Waals surface area contributed by atoms with Gasteiger partial charge in [0.25, 0.3) is 0 Å². The highest BCUT2D eigenvalue weighted by atomic mass is 14.7. The first kappa shape index (κ1) is 16.5. The van der Waals surface area contributed by atoms with Gasteiger partial charge in [0.15, 0.2) is 0 Å². The van der Waals surface area contributed by atoms with Gasteiger partial charge in [0, 0.05) is 17.1 Å². The van der Waals surface area contributed by atoms with E-state index in [9.17, 15) is 0 Å². The Labute approximate surface area is 154 Å². The molecule has 0 saturated heterocycles. The van der Waals surface area contributed by atoms with E-state index < -0.39 is 0 Å². The van der Waals surface area contributed by atoms with Gasteiger partial charge in [-0.3, -0.25) is 4.98 Å². The molecule has 0 atom stereocenters. The first-order valence-corrected chi connectivity index (χ1v) is 9.24. The maximum atomic E-state index is 4.87. The molecule has 0 aliphatic heterocycles. The average Bonchev–Trinajstić information content (AvgIpc) is 2.86. The van der Waals surface area contributed by atoms with Crippen LogP contribution >= 0.6 is 0 Å². The molecule has 1 aliphatic carbocycles. The third kappa shape index (κ3) is 3.25. The van der Waals surface area contributed by atoms with Crippen LogP contribution in [0.25, 0.3) is 35.2 Å². The molecule has 0 amide bonds. The summed E-state index contributed by atoms with van der Waals surface area (Å²) in [6.45, 7) is 8.24. The number of hydrogen-bond donors (Lipinski definition) is 0. The molecule has 4 rings (SSSR count). The van der Waals surface area contributed by atoms with E-state index >= 15 is 0 Å². The summed E-state index contributed by atoms with van der Waals surface area (Å²) < 4.78 is 0. The van der Waals surface area contributed by atoms with Gasteiger partial charge < -0.3 is 0 Å². The lowest BCUT2D eigenvalue weighted by Gasteiger charge is -2.11. The van der Waals surface area contributed by atoms with Crippen molar-refractivity contribution in [2.75, 3.05) is 0 Å². The van der Waals surface area contributed by atoms with Gasteiger partial charge in [-0.15, -0.1) is 0 Å². The number of benzene rings is 1. The smallest absolute Gasteiger partial charge is 0.0780 e. The number of aryl methyl sites for hydroxylation is 2. The molecule has 0 radical (unpaired) electrons. The quantitative estimate of drug-likeness (QED) is 0.626. The molecule has 0 spiro atoms. The van der Waals surface area contributed by atoms with Crippen LogP contribution in [0.1, 0.15) is 24.0 Å². The largest absolute Gasteiger partial charge is 0.255 e. The van der Waals surface area contributed by atoms with Crippen molar-refractivity contribution in [1.82, 2.24) is 4.98 Å². The van der Waals surface area contributed by atoms with Crippen LogP contribution in [-0.4, -0.2) is 4.98 Å². The number of hydrogen-bond acceptors (Lipinski definition) is 1. The Hall–Kier alpha value is -2.93. The minimum atomic E-state index is 0.960. The Morgan fingerprint density at radius 3 is 2.35 bits per heavy atom. The average molecular weight is 337 g/mol. The van der Waals surface area contributed by atoms with Gasteiger partial charge >= 0.3 is 0 Å². The molecule has 1 aliphatic rings. The van der Waals surface area contributed by atoms with Crippen LogP contribution in [0.4, 0.5) is 0 Å². The molecule has 3 aromatic rings. The minimum Gasteiger partial charge on any atom is -0.255 e. The summed E-state index contributed by atoms with van der Waals surface area (Å²) in [5.74, 6) is 0. The fourth-order valence-corrected chi connectivity index (χ4v) is 3.77. The molecule has 0 saturated carbocycles. The maximum absolute atomic E-state index is 4.87. The van der Waals surface area contributed by atoms with E-state index in [0.717, 1.165) is 34.5 Å². The molecule has 0 unspecified atom stereocenters. The lowest BCUT2D eigenvalue weighted by atomic mass is 9.96. The highest BCUT2D eigenvalue weighted by Crippen LogP contribution is 2.33. The lowest BCUT2D eigenvalue weighted by Crippen LogP contribution is -1.98. The summed E-state index contributed by atoms with van der Waals surface area (Å²) in [7, 11) is 0. The fourth-order valence-electron chi connectivity index (χ4n) is 3.77. The van der Waals surface area contributed by atoms with Crippen molar-refractivity contribution in [2.45, 2.75) is 25.7 Å². The van der Waals surface area contributed by atoms with Crippen molar-refractivity contribution in [3.8, 4) is 11.3 Å². The number of aromatic nitrogens is 1. The molecule has 0 bridgehead atoms. The highest BCUT2D eigenvalue weighted by Gasteiger charge is 2.14. The monoisotopic (exact) mass is 337 g/mol. The predicted octanol–water partition coefficient (Wildman–Crippen LogP) is 4.73. The summed E-state index contributed by atoms with van der Waals surface area (Å²) in [5, 5.41) is 4.57. The molecular formula is C25H23N. The fraction of sp³-hybridized carbons (Fsp3) is 0.160. The predicted molar refractivity (Wildman–Crippen MR) is 112 cm³/mol. The van der Waals surface area contributed by atoms with Gasteiger partial charge in [-0.1, -0.05) is 67.8 Å². The van der Waals surface area contributed by atoms with Crippen LogP contribution in [0.5, 0.6) is 0 Å². The van der Waals surface area contributed by atoms with Crippen molar-refractivity contribution >= 4 is 23.9 Å². The van der Waals surface area contributed by atoms with E-state index in [2.05, 4.69) is 49.7 Å². The van der Waals surface area contributed by atoms with Crippen molar-refractivity contribution in [3.63, 3.8) is 0 Å². The molecule has 2 aromatic carbocycles. The Bertz CT molecular complexity index is 1110. The number of pyridine rings is 1. The van der Waals surface area contributed by atoms with Crippen LogP contribution in [0.15, 0.2) is 66.9 Å². The third-order valence-corrected chi connectivity index (χ3v) is 5.04. The van der Waals surface area contributed by atoms with Gasteiger partial charge in [0.1, 0.15) is 0 Å². The van der Waals surface area contributed by atoms with Gasteiger partial charge in [0.05, 0.1) is 5.69 Å². The van der Waals surface area contributed by atoms with Crippen LogP contribution in [0.3, 0.4) is 0 Å². The SMILES string of the molecule is C=c1ccccc(=C)cc(-c2ncc3c4c(cccc24)CCCC3)cc1. The van der Waals surface area contributed by atoms with Crippen LogP contribution in [0.2, 0.25) is 0 Å². The summed E-state index contributed by atoms with van der Waals surface area (Å²) in [4.78, 5) is 4.87. The number of nitrogens with zero attached hydrogens (tertiary/aromatic N) is 1. The second-order valence-corrected chi connectivity index (χ2v) is 6.98. The van der Waals surface area contributed by atoms with E-state index in [-0.39, 0.29) is 0 Å². The minimum absolute atomic E-state index is 0.960.